The standard InChI is InChI=1S/C26H27N3O6/c1-16-9-10-19(13-17(16)2)20(30)11-12-22(32)35-15-21(31)23-24(27)29(26(34)28(3)25(23)33)14-18-7-5-4-6-8-18/h4-10,13H,11-12,14-15,27H2,1-3H3. The zero-order valence-electron chi connectivity index (χ0n) is 19.9. The number of nitrogens with two attached hydrogens (primary N) is 1. The Hall–Kier alpha value is -4.27. The molecule has 2 aromatic carbocycles. The van der Waals surface area contributed by atoms with E-state index in [0.717, 1.165) is 25.8 Å². The van der Waals surface area contributed by atoms with E-state index in [9.17, 15) is 24.0 Å². The average molecular weight is 478 g/mol. The summed E-state index contributed by atoms with van der Waals surface area (Å²) in [6, 6.07) is 14.2. The van der Waals surface area contributed by atoms with Gasteiger partial charge in [0, 0.05) is 19.0 Å². The molecule has 2 N–H and O–H groups in total. The summed E-state index contributed by atoms with van der Waals surface area (Å²) in [5.74, 6) is -2.11. The highest BCUT2D eigenvalue weighted by atomic mass is 16.5. The van der Waals surface area contributed by atoms with Gasteiger partial charge in [-0.3, -0.25) is 28.3 Å². The summed E-state index contributed by atoms with van der Waals surface area (Å²) >= 11 is 0. The van der Waals surface area contributed by atoms with Crippen molar-refractivity contribution in [1.82, 2.24) is 9.13 Å². The van der Waals surface area contributed by atoms with Crippen molar-refractivity contribution in [3.05, 3.63) is 97.2 Å². The first-order chi connectivity index (χ1) is 16.6. The molecule has 3 rings (SSSR count). The van der Waals surface area contributed by atoms with Gasteiger partial charge in [-0.2, -0.15) is 0 Å². The van der Waals surface area contributed by atoms with Crippen LogP contribution < -0.4 is 17.0 Å². The molecule has 182 valence electrons. The first-order valence-corrected chi connectivity index (χ1v) is 11.0. The molecule has 0 aliphatic rings. The van der Waals surface area contributed by atoms with E-state index in [1.54, 1.807) is 36.4 Å². The maximum absolute atomic E-state index is 12.7. The SMILES string of the molecule is Cc1ccc(C(=O)CCC(=O)OCC(=O)c2c(N)n(Cc3ccccc3)c(=O)n(C)c2=O)cc1C. The molecule has 9 nitrogen and oxygen atoms in total. The highest BCUT2D eigenvalue weighted by Crippen LogP contribution is 2.13. The maximum atomic E-state index is 12.7. The highest BCUT2D eigenvalue weighted by Gasteiger charge is 2.23. The second-order valence-electron chi connectivity index (χ2n) is 8.28. The number of hydrogen-bond acceptors (Lipinski definition) is 7. The van der Waals surface area contributed by atoms with Crippen LogP contribution in [-0.2, 0) is 23.1 Å². The molecule has 0 saturated heterocycles. The fraction of sp³-hybridized carbons (Fsp3) is 0.269. The highest BCUT2D eigenvalue weighted by molar-refractivity contribution is 6.01. The Balaban J connectivity index is 1.68. The smallest absolute Gasteiger partial charge is 0.332 e. The van der Waals surface area contributed by atoms with Gasteiger partial charge in [-0.25, -0.2) is 4.79 Å². The Bertz CT molecular complexity index is 1400. The molecule has 0 aliphatic carbocycles. The van der Waals surface area contributed by atoms with Crippen molar-refractivity contribution in [2.24, 2.45) is 7.05 Å². The van der Waals surface area contributed by atoms with E-state index in [1.165, 1.54) is 7.05 Å². The summed E-state index contributed by atoms with van der Waals surface area (Å²) in [6.07, 6.45) is -0.304. The van der Waals surface area contributed by atoms with Gasteiger partial charge in [0.25, 0.3) is 5.56 Å². The molecule has 0 saturated carbocycles. The molecule has 0 aliphatic heterocycles. The van der Waals surface area contributed by atoms with E-state index in [2.05, 4.69) is 0 Å². The summed E-state index contributed by atoms with van der Waals surface area (Å²) in [4.78, 5) is 62.4. The van der Waals surface area contributed by atoms with E-state index in [1.807, 2.05) is 26.0 Å². The van der Waals surface area contributed by atoms with Gasteiger partial charge in [0.2, 0.25) is 5.78 Å². The lowest BCUT2D eigenvalue weighted by Gasteiger charge is -2.14. The number of aromatic nitrogens is 2. The van der Waals surface area contributed by atoms with Crippen LogP contribution in [-0.4, -0.2) is 33.3 Å². The van der Waals surface area contributed by atoms with Gasteiger partial charge in [0.15, 0.2) is 12.4 Å². The summed E-state index contributed by atoms with van der Waals surface area (Å²) < 4.78 is 6.90. The molecule has 35 heavy (non-hydrogen) atoms. The van der Waals surface area contributed by atoms with Crippen LogP contribution in [0.15, 0.2) is 58.1 Å². The van der Waals surface area contributed by atoms with Gasteiger partial charge in [-0.05, 0) is 36.6 Å². The largest absolute Gasteiger partial charge is 0.457 e. The molecule has 0 atom stereocenters. The third-order valence-corrected chi connectivity index (χ3v) is 5.79. The third-order valence-electron chi connectivity index (χ3n) is 5.79. The van der Waals surface area contributed by atoms with E-state index >= 15 is 0 Å². The van der Waals surface area contributed by atoms with Crippen molar-refractivity contribution in [3.8, 4) is 0 Å². The quantitative estimate of drug-likeness (QED) is 0.369. The van der Waals surface area contributed by atoms with Crippen LogP contribution in [0.25, 0.3) is 0 Å². The Morgan fingerprint density at radius 2 is 1.60 bits per heavy atom. The number of esters is 1. The van der Waals surface area contributed by atoms with Gasteiger partial charge in [0.1, 0.15) is 11.4 Å². The molecule has 0 spiro atoms. The van der Waals surface area contributed by atoms with Crippen LogP contribution >= 0.6 is 0 Å². The minimum atomic E-state index is -0.872. The Morgan fingerprint density at radius 3 is 2.26 bits per heavy atom. The number of hydrogen-bond donors (Lipinski definition) is 1. The van der Waals surface area contributed by atoms with Crippen LogP contribution in [0.4, 0.5) is 5.82 Å². The van der Waals surface area contributed by atoms with Crippen LogP contribution in [0.5, 0.6) is 0 Å². The lowest BCUT2D eigenvalue weighted by atomic mass is 10.0. The van der Waals surface area contributed by atoms with Crippen molar-refractivity contribution < 1.29 is 19.1 Å². The number of ketones is 2. The van der Waals surface area contributed by atoms with Crippen LogP contribution in [0.1, 0.15) is 50.2 Å². The number of ether oxygens (including phenoxy) is 1. The Kier molecular flexibility index (Phi) is 7.80. The molecule has 9 heteroatoms. The number of anilines is 1. The number of nitrogen functional groups attached to an aromatic ring is 1. The summed E-state index contributed by atoms with van der Waals surface area (Å²) in [6.45, 7) is 3.15. The first-order valence-electron chi connectivity index (χ1n) is 11.0. The predicted octanol–water partition coefficient (Wildman–Crippen LogP) is 2.18. The van der Waals surface area contributed by atoms with Crippen LogP contribution in [0.2, 0.25) is 0 Å². The second-order valence-corrected chi connectivity index (χ2v) is 8.28. The molecule has 0 unspecified atom stereocenters. The second kappa shape index (κ2) is 10.8. The van der Waals surface area contributed by atoms with Crippen molar-refractivity contribution in [2.75, 3.05) is 12.3 Å². The van der Waals surface area contributed by atoms with Gasteiger partial charge in [0.05, 0.1) is 13.0 Å². The van der Waals surface area contributed by atoms with Gasteiger partial charge >= 0.3 is 11.7 Å². The average Bonchev–Trinajstić information content (AvgIpc) is 2.85. The summed E-state index contributed by atoms with van der Waals surface area (Å²) in [5.41, 5.74) is 7.33. The lowest BCUT2D eigenvalue weighted by Crippen LogP contribution is -2.43. The lowest BCUT2D eigenvalue weighted by molar-refractivity contribution is -0.142. The zero-order chi connectivity index (χ0) is 25.7. The molecule has 1 heterocycles. The zero-order valence-corrected chi connectivity index (χ0v) is 19.9. The molecule has 0 bridgehead atoms. The van der Waals surface area contributed by atoms with Crippen LogP contribution in [0.3, 0.4) is 0 Å². The van der Waals surface area contributed by atoms with Crippen LogP contribution in [0, 0.1) is 13.8 Å². The van der Waals surface area contributed by atoms with Gasteiger partial charge in [-0.15, -0.1) is 0 Å². The van der Waals surface area contributed by atoms with Crippen molar-refractivity contribution in [1.29, 1.82) is 0 Å². The molecule has 1 aromatic heterocycles. The number of aryl methyl sites for hydroxylation is 2. The number of carbonyl (C=O) groups excluding carboxylic acids is 3. The number of Topliss-reactive ketones (excluding diaryl/α,β-unsaturated/α-hetero) is 2. The van der Waals surface area contributed by atoms with E-state index in [0.29, 0.717) is 5.56 Å². The number of carbonyl (C=O) groups is 3. The predicted molar refractivity (Wildman–Crippen MR) is 131 cm³/mol. The third kappa shape index (κ3) is 5.81. The van der Waals surface area contributed by atoms with E-state index < -0.39 is 35.2 Å². The van der Waals surface area contributed by atoms with Crippen molar-refractivity contribution >= 4 is 23.4 Å². The van der Waals surface area contributed by atoms with Crippen molar-refractivity contribution in [3.63, 3.8) is 0 Å². The Morgan fingerprint density at radius 1 is 0.914 bits per heavy atom. The minimum absolute atomic E-state index is 0.0558. The normalized spacial score (nSPS) is 10.7. The summed E-state index contributed by atoms with van der Waals surface area (Å²) in [5, 5.41) is 0. The van der Waals surface area contributed by atoms with E-state index in [-0.39, 0.29) is 31.0 Å². The topological polar surface area (TPSA) is 130 Å². The number of nitrogens with zero attached hydrogens (tertiary/aromatic N) is 2. The molecular weight excluding hydrogens is 450 g/mol. The van der Waals surface area contributed by atoms with Gasteiger partial charge in [-0.1, -0.05) is 42.5 Å². The molecular formula is C26H27N3O6. The number of rotatable bonds is 9. The maximum Gasteiger partial charge on any atom is 0.332 e. The molecule has 0 amide bonds. The fourth-order valence-electron chi connectivity index (χ4n) is 3.53. The van der Waals surface area contributed by atoms with E-state index in [4.69, 9.17) is 10.5 Å². The molecule has 3 aromatic rings. The number of benzene rings is 2. The van der Waals surface area contributed by atoms with Crippen molar-refractivity contribution in [2.45, 2.75) is 33.2 Å². The van der Waals surface area contributed by atoms with Gasteiger partial charge < -0.3 is 10.5 Å². The fourth-order valence-corrected chi connectivity index (χ4v) is 3.53. The Labute approximate surface area is 201 Å². The monoisotopic (exact) mass is 477 g/mol. The minimum Gasteiger partial charge on any atom is -0.457 e. The molecule has 0 fully saturated rings. The molecule has 0 radical (unpaired) electrons. The first kappa shape index (κ1) is 25.4. The summed E-state index contributed by atoms with van der Waals surface area (Å²) in [7, 11) is 1.24.